The van der Waals surface area contributed by atoms with Crippen LogP contribution in [0.2, 0.25) is 0 Å². The second kappa shape index (κ2) is 9.42. The SMILES string of the molecule is O=C(COCC1CCCCCC1)NCCCO. The first kappa shape index (κ1) is 14.5. The van der Waals surface area contributed by atoms with Gasteiger partial charge >= 0.3 is 0 Å². The molecule has 0 radical (unpaired) electrons. The maximum atomic E-state index is 11.3. The van der Waals surface area contributed by atoms with E-state index in [4.69, 9.17) is 9.84 Å². The van der Waals surface area contributed by atoms with Crippen molar-refractivity contribution in [2.45, 2.75) is 44.9 Å². The summed E-state index contributed by atoms with van der Waals surface area (Å²) in [5.41, 5.74) is 0. The quantitative estimate of drug-likeness (QED) is 0.526. The minimum absolute atomic E-state index is 0.0768. The maximum absolute atomic E-state index is 11.3. The summed E-state index contributed by atoms with van der Waals surface area (Å²) in [7, 11) is 0. The average Bonchev–Trinajstić information content (AvgIpc) is 2.58. The Hall–Kier alpha value is -0.610. The van der Waals surface area contributed by atoms with Crippen LogP contribution in [0.4, 0.5) is 0 Å². The standard InChI is InChI=1S/C13H25NO3/c15-9-5-8-14-13(16)11-17-10-12-6-3-1-2-4-7-12/h12,15H,1-11H2,(H,14,16). The van der Waals surface area contributed by atoms with Gasteiger partial charge in [0.15, 0.2) is 0 Å². The van der Waals surface area contributed by atoms with Crippen LogP contribution in [-0.4, -0.2) is 37.4 Å². The first-order valence-electron chi connectivity index (χ1n) is 6.78. The molecule has 0 unspecified atom stereocenters. The van der Waals surface area contributed by atoms with Crippen molar-refractivity contribution in [1.82, 2.24) is 5.32 Å². The van der Waals surface area contributed by atoms with Crippen molar-refractivity contribution < 1.29 is 14.6 Å². The van der Waals surface area contributed by atoms with E-state index in [1.54, 1.807) is 0 Å². The molecule has 0 aromatic heterocycles. The van der Waals surface area contributed by atoms with E-state index in [0.717, 1.165) is 0 Å². The number of aliphatic hydroxyl groups is 1. The number of ether oxygens (including phenoxy) is 1. The summed E-state index contributed by atoms with van der Waals surface area (Å²) in [6, 6.07) is 0. The molecular formula is C13H25NO3. The van der Waals surface area contributed by atoms with Gasteiger partial charge in [-0.1, -0.05) is 25.7 Å². The van der Waals surface area contributed by atoms with Crippen molar-refractivity contribution >= 4 is 5.91 Å². The smallest absolute Gasteiger partial charge is 0.245 e. The first-order chi connectivity index (χ1) is 8.33. The molecule has 1 aliphatic rings. The minimum Gasteiger partial charge on any atom is -0.396 e. The van der Waals surface area contributed by atoms with E-state index in [1.165, 1.54) is 38.5 Å². The van der Waals surface area contributed by atoms with Crippen molar-refractivity contribution in [2.75, 3.05) is 26.4 Å². The van der Waals surface area contributed by atoms with Crippen LogP contribution < -0.4 is 5.32 Å². The molecule has 100 valence electrons. The predicted molar refractivity (Wildman–Crippen MR) is 66.7 cm³/mol. The van der Waals surface area contributed by atoms with Crippen molar-refractivity contribution in [3.63, 3.8) is 0 Å². The molecule has 0 bridgehead atoms. The lowest BCUT2D eigenvalue weighted by molar-refractivity contribution is -0.126. The second-order valence-corrected chi connectivity index (χ2v) is 4.80. The van der Waals surface area contributed by atoms with Crippen LogP contribution in [0.5, 0.6) is 0 Å². The Balaban J connectivity index is 1.99. The summed E-state index contributed by atoms with van der Waals surface area (Å²) in [4.78, 5) is 11.3. The molecule has 0 saturated heterocycles. The fraction of sp³-hybridized carbons (Fsp3) is 0.923. The largest absolute Gasteiger partial charge is 0.396 e. The number of hydrogen-bond acceptors (Lipinski definition) is 3. The number of carbonyl (C=O) groups is 1. The van der Waals surface area contributed by atoms with Crippen molar-refractivity contribution in [3.8, 4) is 0 Å². The van der Waals surface area contributed by atoms with Crippen molar-refractivity contribution in [1.29, 1.82) is 0 Å². The third-order valence-electron chi connectivity index (χ3n) is 3.22. The van der Waals surface area contributed by atoms with E-state index in [0.29, 0.717) is 25.5 Å². The number of nitrogens with one attached hydrogen (secondary N) is 1. The molecule has 4 nitrogen and oxygen atoms in total. The number of hydrogen-bond donors (Lipinski definition) is 2. The molecule has 1 rings (SSSR count). The van der Waals surface area contributed by atoms with Gasteiger partial charge in [-0.25, -0.2) is 0 Å². The minimum atomic E-state index is -0.0768. The third kappa shape index (κ3) is 7.34. The van der Waals surface area contributed by atoms with Gasteiger partial charge in [0.05, 0.1) is 6.61 Å². The molecule has 0 atom stereocenters. The zero-order chi connectivity index (χ0) is 12.3. The zero-order valence-electron chi connectivity index (χ0n) is 10.6. The van der Waals surface area contributed by atoms with Crippen LogP contribution in [0.3, 0.4) is 0 Å². The van der Waals surface area contributed by atoms with Gasteiger partial charge in [-0.3, -0.25) is 4.79 Å². The van der Waals surface area contributed by atoms with E-state index >= 15 is 0 Å². The maximum Gasteiger partial charge on any atom is 0.245 e. The van der Waals surface area contributed by atoms with Gasteiger partial charge in [0.2, 0.25) is 5.91 Å². The molecule has 0 heterocycles. The van der Waals surface area contributed by atoms with E-state index in [-0.39, 0.29) is 19.1 Å². The van der Waals surface area contributed by atoms with Crippen LogP contribution in [0.1, 0.15) is 44.9 Å². The summed E-state index contributed by atoms with van der Waals surface area (Å²) in [6.45, 7) is 1.51. The molecular weight excluding hydrogens is 218 g/mol. The van der Waals surface area contributed by atoms with Gasteiger partial charge in [-0.05, 0) is 25.2 Å². The number of carbonyl (C=O) groups excluding carboxylic acids is 1. The molecule has 2 N–H and O–H groups in total. The molecule has 1 saturated carbocycles. The Labute approximate surface area is 104 Å². The number of rotatable bonds is 7. The summed E-state index contributed by atoms with van der Waals surface area (Å²) in [6.07, 6.45) is 8.39. The Bertz CT molecular complexity index is 201. The molecule has 1 aliphatic carbocycles. The molecule has 0 aromatic rings. The number of amides is 1. The predicted octanol–water partition coefficient (Wildman–Crippen LogP) is 1.47. The Kier molecular flexibility index (Phi) is 8.01. The lowest BCUT2D eigenvalue weighted by atomic mass is 10.0. The molecule has 1 amide bonds. The van der Waals surface area contributed by atoms with Gasteiger partial charge in [-0.15, -0.1) is 0 Å². The highest BCUT2D eigenvalue weighted by Crippen LogP contribution is 2.22. The molecule has 4 heteroatoms. The van der Waals surface area contributed by atoms with E-state index < -0.39 is 0 Å². The van der Waals surface area contributed by atoms with Gasteiger partial charge < -0.3 is 15.2 Å². The van der Waals surface area contributed by atoms with E-state index in [1.807, 2.05) is 0 Å². The topological polar surface area (TPSA) is 58.6 Å². The lowest BCUT2D eigenvalue weighted by Gasteiger charge is -2.13. The Morgan fingerprint density at radius 2 is 1.94 bits per heavy atom. The van der Waals surface area contributed by atoms with E-state index in [9.17, 15) is 4.79 Å². The molecule has 17 heavy (non-hydrogen) atoms. The summed E-state index contributed by atoms with van der Waals surface area (Å²) in [5, 5.41) is 11.3. The molecule has 0 aromatic carbocycles. The van der Waals surface area contributed by atoms with Crippen LogP contribution in [0.25, 0.3) is 0 Å². The Morgan fingerprint density at radius 3 is 2.59 bits per heavy atom. The van der Waals surface area contributed by atoms with Gasteiger partial charge in [0.1, 0.15) is 6.61 Å². The van der Waals surface area contributed by atoms with Crippen molar-refractivity contribution in [3.05, 3.63) is 0 Å². The van der Waals surface area contributed by atoms with Crippen LogP contribution in [-0.2, 0) is 9.53 Å². The summed E-state index contributed by atoms with van der Waals surface area (Å²) < 4.78 is 5.45. The normalized spacial score (nSPS) is 17.7. The monoisotopic (exact) mass is 243 g/mol. The summed E-state index contributed by atoms with van der Waals surface area (Å²) >= 11 is 0. The number of aliphatic hydroxyl groups excluding tert-OH is 1. The Morgan fingerprint density at radius 1 is 1.24 bits per heavy atom. The highest BCUT2D eigenvalue weighted by Gasteiger charge is 2.12. The van der Waals surface area contributed by atoms with Crippen LogP contribution in [0, 0.1) is 5.92 Å². The highest BCUT2D eigenvalue weighted by molar-refractivity contribution is 5.77. The fourth-order valence-electron chi connectivity index (χ4n) is 2.21. The van der Waals surface area contributed by atoms with Crippen molar-refractivity contribution in [2.24, 2.45) is 5.92 Å². The highest BCUT2D eigenvalue weighted by atomic mass is 16.5. The third-order valence-corrected chi connectivity index (χ3v) is 3.22. The molecule has 0 spiro atoms. The first-order valence-corrected chi connectivity index (χ1v) is 6.78. The van der Waals surface area contributed by atoms with Crippen LogP contribution >= 0.6 is 0 Å². The summed E-state index contributed by atoms with van der Waals surface area (Å²) in [5.74, 6) is 0.565. The lowest BCUT2D eigenvalue weighted by Crippen LogP contribution is -2.29. The van der Waals surface area contributed by atoms with Crippen LogP contribution in [0.15, 0.2) is 0 Å². The van der Waals surface area contributed by atoms with Gasteiger partial charge in [-0.2, -0.15) is 0 Å². The van der Waals surface area contributed by atoms with Gasteiger partial charge in [0, 0.05) is 13.2 Å². The fourth-order valence-corrected chi connectivity index (χ4v) is 2.21. The zero-order valence-corrected chi connectivity index (χ0v) is 10.6. The average molecular weight is 243 g/mol. The van der Waals surface area contributed by atoms with Gasteiger partial charge in [0.25, 0.3) is 0 Å². The van der Waals surface area contributed by atoms with E-state index in [2.05, 4.69) is 5.32 Å². The molecule has 1 fully saturated rings. The second-order valence-electron chi connectivity index (χ2n) is 4.80. The molecule has 0 aliphatic heterocycles.